The maximum absolute atomic E-state index is 13.1. The van der Waals surface area contributed by atoms with Gasteiger partial charge >= 0.3 is 0 Å². The highest BCUT2D eigenvalue weighted by atomic mass is 35.5. The molecule has 4 nitrogen and oxygen atoms in total. The zero-order valence-corrected chi connectivity index (χ0v) is 11.5. The number of nitrogens with two attached hydrogens (primary N) is 1. The largest absolute Gasteiger partial charge is 0.398 e. The number of halogens is 2. The lowest BCUT2D eigenvalue weighted by Gasteiger charge is -2.09. The van der Waals surface area contributed by atoms with Crippen molar-refractivity contribution in [3.63, 3.8) is 0 Å². The molecule has 0 unspecified atom stereocenters. The molecule has 0 atom stereocenters. The molecular formula is C15H10ClFN2O2. The second-order valence-electron chi connectivity index (χ2n) is 4.77. The summed E-state index contributed by atoms with van der Waals surface area (Å²) in [6.45, 7) is 0. The monoisotopic (exact) mass is 304 g/mol. The van der Waals surface area contributed by atoms with E-state index in [1.165, 1.54) is 12.1 Å². The van der Waals surface area contributed by atoms with Gasteiger partial charge in [0.1, 0.15) is 5.82 Å². The summed E-state index contributed by atoms with van der Waals surface area (Å²) in [5.41, 5.74) is 7.45. The molecule has 106 valence electrons. The van der Waals surface area contributed by atoms with Crippen molar-refractivity contribution in [2.24, 2.45) is 0 Å². The highest BCUT2D eigenvalue weighted by molar-refractivity contribution is 6.35. The summed E-state index contributed by atoms with van der Waals surface area (Å²) in [4.78, 5) is 23.8. The van der Waals surface area contributed by atoms with Crippen LogP contribution >= 0.6 is 11.6 Å². The van der Waals surface area contributed by atoms with Gasteiger partial charge in [0.05, 0.1) is 11.4 Å². The van der Waals surface area contributed by atoms with Gasteiger partial charge in [-0.15, -0.1) is 0 Å². The molecule has 0 fully saturated rings. The van der Waals surface area contributed by atoms with E-state index in [4.69, 9.17) is 17.3 Å². The number of anilines is 2. The van der Waals surface area contributed by atoms with Crippen LogP contribution in [0.4, 0.5) is 15.8 Å². The molecule has 0 bridgehead atoms. The molecule has 3 N–H and O–H groups in total. The van der Waals surface area contributed by atoms with Gasteiger partial charge in [-0.25, -0.2) is 4.39 Å². The summed E-state index contributed by atoms with van der Waals surface area (Å²) < 4.78 is 13.1. The lowest BCUT2D eigenvalue weighted by atomic mass is 9.99. The zero-order valence-electron chi connectivity index (χ0n) is 10.7. The highest BCUT2D eigenvalue weighted by Crippen LogP contribution is 2.31. The molecule has 2 aromatic rings. The van der Waals surface area contributed by atoms with Crippen molar-refractivity contribution in [1.82, 2.24) is 0 Å². The number of nitrogen functional groups attached to an aromatic ring is 1. The van der Waals surface area contributed by atoms with Gasteiger partial charge in [0, 0.05) is 22.5 Å². The van der Waals surface area contributed by atoms with Crippen LogP contribution in [0.3, 0.4) is 0 Å². The molecule has 0 saturated heterocycles. The minimum Gasteiger partial charge on any atom is -0.398 e. The first-order chi connectivity index (χ1) is 9.95. The Morgan fingerprint density at radius 2 is 2.00 bits per heavy atom. The van der Waals surface area contributed by atoms with E-state index in [1.54, 1.807) is 6.07 Å². The number of ketones is 1. The lowest BCUT2D eigenvalue weighted by Crippen LogP contribution is -2.07. The summed E-state index contributed by atoms with van der Waals surface area (Å²) in [6.07, 6.45) is 0.200. The molecule has 1 amide bonds. The highest BCUT2D eigenvalue weighted by Gasteiger charge is 2.23. The Bertz CT molecular complexity index is 789. The molecule has 3 rings (SSSR count). The minimum atomic E-state index is -0.515. The fraction of sp³-hybridized carbons (Fsp3) is 0.0667. The Morgan fingerprint density at radius 1 is 1.24 bits per heavy atom. The minimum absolute atomic E-state index is 0.0470. The topological polar surface area (TPSA) is 72.2 Å². The molecule has 6 heteroatoms. The molecule has 0 aliphatic carbocycles. The fourth-order valence-electron chi connectivity index (χ4n) is 2.31. The molecule has 0 spiro atoms. The Hall–Kier alpha value is -2.40. The molecule has 1 heterocycles. The number of fused-ring (bicyclic) bond motifs is 1. The number of carbonyl (C=O) groups is 2. The summed E-state index contributed by atoms with van der Waals surface area (Å²) >= 11 is 6.10. The van der Waals surface area contributed by atoms with Crippen molar-refractivity contribution in [3.05, 3.63) is 57.9 Å². The zero-order chi connectivity index (χ0) is 15.1. The van der Waals surface area contributed by atoms with Crippen LogP contribution in [-0.4, -0.2) is 11.7 Å². The first-order valence-electron chi connectivity index (χ1n) is 6.17. The van der Waals surface area contributed by atoms with Crippen LogP contribution in [-0.2, 0) is 11.2 Å². The van der Waals surface area contributed by atoms with Crippen LogP contribution in [0.25, 0.3) is 0 Å². The number of carbonyl (C=O) groups excluding carboxylic acids is 2. The molecule has 0 radical (unpaired) electrons. The van der Waals surface area contributed by atoms with E-state index >= 15 is 0 Å². The van der Waals surface area contributed by atoms with Gasteiger partial charge in [0.2, 0.25) is 5.91 Å². The van der Waals surface area contributed by atoms with Crippen LogP contribution in [0.15, 0.2) is 30.3 Å². The van der Waals surface area contributed by atoms with Gasteiger partial charge in [-0.2, -0.15) is 0 Å². The fourth-order valence-corrected chi connectivity index (χ4v) is 2.56. The average Bonchev–Trinajstić information content (AvgIpc) is 2.76. The third-order valence-corrected chi connectivity index (χ3v) is 3.63. The average molecular weight is 305 g/mol. The van der Waals surface area contributed by atoms with Gasteiger partial charge < -0.3 is 11.1 Å². The van der Waals surface area contributed by atoms with Crippen LogP contribution in [0, 0.1) is 5.82 Å². The first-order valence-corrected chi connectivity index (χ1v) is 6.55. The molecule has 1 aliphatic heterocycles. The maximum atomic E-state index is 13.1. The van der Waals surface area contributed by atoms with Crippen molar-refractivity contribution >= 4 is 34.7 Å². The van der Waals surface area contributed by atoms with Crippen molar-refractivity contribution in [1.29, 1.82) is 0 Å². The number of rotatable bonds is 2. The third-order valence-electron chi connectivity index (χ3n) is 3.32. The van der Waals surface area contributed by atoms with E-state index in [1.807, 2.05) is 0 Å². The Kier molecular flexibility index (Phi) is 3.14. The van der Waals surface area contributed by atoms with Gasteiger partial charge in [0.15, 0.2) is 5.78 Å². The smallest absolute Gasteiger partial charge is 0.228 e. The third kappa shape index (κ3) is 2.36. The Balaban J connectivity index is 2.06. The van der Waals surface area contributed by atoms with Gasteiger partial charge in [-0.05, 0) is 35.9 Å². The summed E-state index contributed by atoms with van der Waals surface area (Å²) in [6, 6.07) is 6.67. The van der Waals surface area contributed by atoms with Crippen molar-refractivity contribution < 1.29 is 14.0 Å². The number of amides is 1. The normalized spacial score (nSPS) is 13.0. The molecule has 0 aromatic heterocycles. The van der Waals surface area contributed by atoms with E-state index in [-0.39, 0.29) is 34.2 Å². The second kappa shape index (κ2) is 4.86. The van der Waals surface area contributed by atoms with Crippen LogP contribution < -0.4 is 11.1 Å². The SMILES string of the molecule is Nc1cc(F)ccc1C(=O)c1cc2c(cc1Cl)NC(=O)C2. The van der Waals surface area contributed by atoms with E-state index in [0.717, 1.165) is 12.1 Å². The van der Waals surface area contributed by atoms with E-state index < -0.39 is 11.6 Å². The number of nitrogens with one attached hydrogen (secondary N) is 1. The number of hydrogen-bond acceptors (Lipinski definition) is 3. The predicted molar refractivity (Wildman–Crippen MR) is 78.0 cm³/mol. The molecule has 1 aliphatic rings. The van der Waals surface area contributed by atoms with E-state index in [2.05, 4.69) is 5.32 Å². The molecular weight excluding hydrogens is 295 g/mol. The summed E-state index contributed by atoms with van der Waals surface area (Å²) in [5.74, 6) is -1.06. The van der Waals surface area contributed by atoms with Gasteiger partial charge in [-0.3, -0.25) is 9.59 Å². The van der Waals surface area contributed by atoms with Gasteiger partial charge in [0.25, 0.3) is 0 Å². The number of hydrogen-bond donors (Lipinski definition) is 2. The summed E-state index contributed by atoms with van der Waals surface area (Å²) in [7, 11) is 0. The summed E-state index contributed by atoms with van der Waals surface area (Å²) in [5, 5.41) is 2.87. The molecule has 2 aromatic carbocycles. The van der Waals surface area contributed by atoms with E-state index in [0.29, 0.717) is 11.3 Å². The standard InChI is InChI=1S/C15H10ClFN2O2/c16-11-6-13-7(4-14(20)19-13)3-10(11)15(21)9-2-1-8(17)5-12(9)18/h1-3,5-6H,4,18H2,(H,19,20). The van der Waals surface area contributed by atoms with Crippen LogP contribution in [0.2, 0.25) is 5.02 Å². The second-order valence-corrected chi connectivity index (χ2v) is 5.18. The number of benzene rings is 2. The van der Waals surface area contributed by atoms with Crippen molar-refractivity contribution in [3.8, 4) is 0 Å². The molecule has 21 heavy (non-hydrogen) atoms. The van der Waals surface area contributed by atoms with Crippen molar-refractivity contribution in [2.75, 3.05) is 11.1 Å². The lowest BCUT2D eigenvalue weighted by molar-refractivity contribution is -0.115. The van der Waals surface area contributed by atoms with Crippen molar-refractivity contribution in [2.45, 2.75) is 6.42 Å². The maximum Gasteiger partial charge on any atom is 0.228 e. The van der Waals surface area contributed by atoms with Gasteiger partial charge in [-0.1, -0.05) is 11.6 Å². The molecule has 0 saturated carbocycles. The van der Waals surface area contributed by atoms with E-state index in [9.17, 15) is 14.0 Å². The first kappa shape index (κ1) is 13.6. The van der Waals surface area contributed by atoms with Crippen LogP contribution in [0.5, 0.6) is 0 Å². The Labute approximate surface area is 124 Å². The Morgan fingerprint density at radius 3 is 2.71 bits per heavy atom. The quantitative estimate of drug-likeness (QED) is 0.662. The predicted octanol–water partition coefficient (Wildman–Crippen LogP) is 2.79. The van der Waals surface area contributed by atoms with Crippen LogP contribution in [0.1, 0.15) is 21.5 Å².